The fraction of sp³-hybridized carbons (Fsp3) is 0.111. The Morgan fingerprint density at radius 1 is 1.23 bits per heavy atom. The van der Waals surface area contributed by atoms with Crippen LogP contribution in [0, 0.1) is 9.41 Å². The van der Waals surface area contributed by atoms with Crippen molar-refractivity contribution in [2.45, 2.75) is 0 Å². The summed E-state index contributed by atoms with van der Waals surface area (Å²) in [6.45, 7) is 0. The second-order valence-corrected chi connectivity index (χ2v) is 3.63. The van der Waals surface area contributed by atoms with E-state index in [2.05, 4.69) is 4.98 Å². The number of aromatic nitrogens is 2. The highest BCUT2D eigenvalue weighted by molar-refractivity contribution is 7.72. The molecule has 0 aliphatic carbocycles. The van der Waals surface area contributed by atoms with Crippen LogP contribution in [-0.4, -0.2) is 9.55 Å². The van der Waals surface area contributed by atoms with Crippen LogP contribution < -0.4 is 0 Å². The highest BCUT2D eigenvalue weighted by Gasteiger charge is 1.97. The first kappa shape index (κ1) is 8.59. The second kappa shape index (κ2) is 3.05. The van der Waals surface area contributed by atoms with E-state index >= 15 is 0 Å². The van der Waals surface area contributed by atoms with Crippen molar-refractivity contribution in [3.05, 3.63) is 33.7 Å². The Morgan fingerprint density at radius 2 is 1.92 bits per heavy atom. The molecule has 0 unspecified atom stereocenters. The lowest BCUT2D eigenvalue weighted by atomic mass is 10.2. The molecule has 0 aliphatic heterocycles. The van der Waals surface area contributed by atoms with Crippen LogP contribution in [0.15, 0.2) is 24.3 Å². The van der Waals surface area contributed by atoms with Crippen LogP contribution in [0.4, 0.5) is 0 Å². The molecule has 0 saturated carbocycles. The number of aryl methyl sites for hydroxylation is 1. The summed E-state index contributed by atoms with van der Waals surface area (Å²) in [6, 6.07) is 7.94. The standard InChI is InChI=1S/C9H8N2S2/c1-11-7-5-3-2-4-6(7)8(12)10-9(11)13/h2-5H,1H3,(H,10,12,13). The summed E-state index contributed by atoms with van der Waals surface area (Å²) in [5.41, 5.74) is 1.07. The first-order chi connectivity index (χ1) is 6.20. The largest absolute Gasteiger partial charge is 0.323 e. The Hall–Kier alpha value is -1.00. The summed E-state index contributed by atoms with van der Waals surface area (Å²) in [5.74, 6) is 0. The predicted octanol–water partition coefficient (Wildman–Crippen LogP) is 2.97. The summed E-state index contributed by atoms with van der Waals surface area (Å²) >= 11 is 10.3. The van der Waals surface area contributed by atoms with Crippen molar-refractivity contribution in [2.75, 3.05) is 0 Å². The molecule has 1 aromatic heterocycles. The Labute approximate surface area is 85.8 Å². The van der Waals surface area contributed by atoms with Gasteiger partial charge in [0, 0.05) is 12.4 Å². The zero-order valence-electron chi connectivity index (χ0n) is 7.07. The lowest BCUT2D eigenvalue weighted by Crippen LogP contribution is -1.97. The zero-order chi connectivity index (χ0) is 9.42. The van der Waals surface area contributed by atoms with E-state index in [4.69, 9.17) is 24.4 Å². The Bertz CT molecular complexity index is 566. The summed E-state index contributed by atoms with van der Waals surface area (Å²) in [5, 5.41) is 1.04. The van der Waals surface area contributed by atoms with Gasteiger partial charge in [-0.05, 0) is 24.4 Å². The number of hydrogen-bond donors (Lipinski definition) is 1. The maximum absolute atomic E-state index is 5.17. The lowest BCUT2D eigenvalue weighted by Gasteiger charge is -2.04. The summed E-state index contributed by atoms with van der Waals surface area (Å²) in [7, 11) is 1.93. The SMILES string of the molecule is Cn1c(=S)[nH]c(=S)c2ccccc21. The van der Waals surface area contributed by atoms with Crippen LogP contribution in [0.2, 0.25) is 0 Å². The Balaban J connectivity index is 3.15. The Morgan fingerprint density at radius 3 is 2.69 bits per heavy atom. The van der Waals surface area contributed by atoms with Crippen LogP contribution in [0.25, 0.3) is 10.9 Å². The normalized spacial score (nSPS) is 10.5. The number of H-pyrrole nitrogens is 1. The molecule has 2 nitrogen and oxygen atoms in total. The molecule has 0 atom stereocenters. The van der Waals surface area contributed by atoms with E-state index in [0.29, 0.717) is 9.41 Å². The van der Waals surface area contributed by atoms with Gasteiger partial charge in [0.05, 0.1) is 5.52 Å². The average Bonchev–Trinajstić information content (AvgIpc) is 2.15. The predicted molar refractivity (Wildman–Crippen MR) is 58.9 cm³/mol. The minimum absolute atomic E-state index is 0.656. The van der Waals surface area contributed by atoms with E-state index in [-0.39, 0.29) is 0 Å². The van der Waals surface area contributed by atoms with Crippen molar-refractivity contribution in [1.29, 1.82) is 0 Å². The van der Waals surface area contributed by atoms with Crippen molar-refractivity contribution >= 4 is 35.3 Å². The van der Waals surface area contributed by atoms with Crippen molar-refractivity contribution in [3.63, 3.8) is 0 Å². The van der Waals surface area contributed by atoms with Gasteiger partial charge in [0.25, 0.3) is 0 Å². The topological polar surface area (TPSA) is 20.7 Å². The van der Waals surface area contributed by atoms with Gasteiger partial charge >= 0.3 is 0 Å². The molecule has 66 valence electrons. The van der Waals surface area contributed by atoms with Gasteiger partial charge in [-0.1, -0.05) is 24.4 Å². The summed E-state index contributed by atoms with van der Waals surface area (Å²) in [6.07, 6.45) is 0. The number of fused-ring (bicyclic) bond motifs is 1. The van der Waals surface area contributed by atoms with Gasteiger partial charge in [0.1, 0.15) is 4.64 Å². The van der Waals surface area contributed by atoms with Gasteiger partial charge in [-0.2, -0.15) is 0 Å². The highest BCUT2D eigenvalue weighted by atomic mass is 32.1. The van der Waals surface area contributed by atoms with Gasteiger partial charge in [0.15, 0.2) is 4.77 Å². The maximum Gasteiger partial charge on any atom is 0.178 e. The zero-order valence-corrected chi connectivity index (χ0v) is 8.71. The maximum atomic E-state index is 5.17. The molecule has 13 heavy (non-hydrogen) atoms. The van der Waals surface area contributed by atoms with Gasteiger partial charge in [-0.15, -0.1) is 0 Å². The number of rotatable bonds is 0. The monoisotopic (exact) mass is 208 g/mol. The van der Waals surface area contributed by atoms with E-state index in [1.165, 1.54) is 0 Å². The second-order valence-electron chi connectivity index (χ2n) is 2.84. The molecule has 0 fully saturated rings. The van der Waals surface area contributed by atoms with Gasteiger partial charge in [0.2, 0.25) is 0 Å². The van der Waals surface area contributed by atoms with Crippen LogP contribution in [-0.2, 0) is 7.05 Å². The minimum Gasteiger partial charge on any atom is -0.323 e. The number of para-hydroxylation sites is 1. The third kappa shape index (κ3) is 1.32. The third-order valence-electron chi connectivity index (χ3n) is 2.04. The fourth-order valence-electron chi connectivity index (χ4n) is 1.32. The molecule has 1 heterocycles. The smallest absolute Gasteiger partial charge is 0.178 e. The molecule has 0 spiro atoms. The first-order valence-electron chi connectivity index (χ1n) is 3.88. The molecule has 0 aliphatic rings. The number of nitrogens with one attached hydrogen (secondary N) is 1. The van der Waals surface area contributed by atoms with E-state index in [1.54, 1.807) is 0 Å². The van der Waals surface area contributed by atoms with E-state index in [9.17, 15) is 0 Å². The molecule has 1 aromatic carbocycles. The molecule has 4 heteroatoms. The van der Waals surface area contributed by atoms with Gasteiger partial charge in [-0.3, -0.25) is 0 Å². The van der Waals surface area contributed by atoms with Crippen LogP contribution >= 0.6 is 24.4 Å². The Kier molecular flexibility index (Phi) is 2.01. The number of nitrogens with zero attached hydrogens (tertiary/aromatic N) is 1. The molecule has 0 radical (unpaired) electrons. The van der Waals surface area contributed by atoms with E-state index in [0.717, 1.165) is 10.9 Å². The molecular weight excluding hydrogens is 200 g/mol. The number of hydrogen-bond acceptors (Lipinski definition) is 2. The average molecular weight is 208 g/mol. The molecule has 1 N–H and O–H groups in total. The lowest BCUT2D eigenvalue weighted by molar-refractivity contribution is 0.885. The molecule has 0 amide bonds. The molecular formula is C9H8N2S2. The minimum atomic E-state index is 0.656. The summed E-state index contributed by atoms with van der Waals surface area (Å²) in [4.78, 5) is 2.97. The molecule has 0 saturated heterocycles. The van der Waals surface area contributed by atoms with Gasteiger partial charge in [-0.25, -0.2) is 0 Å². The molecule has 2 aromatic rings. The third-order valence-corrected chi connectivity index (χ3v) is 2.73. The van der Waals surface area contributed by atoms with Crippen molar-refractivity contribution in [1.82, 2.24) is 9.55 Å². The summed E-state index contributed by atoms with van der Waals surface area (Å²) < 4.78 is 3.28. The van der Waals surface area contributed by atoms with E-state index in [1.807, 2.05) is 35.9 Å². The van der Waals surface area contributed by atoms with Crippen LogP contribution in [0.5, 0.6) is 0 Å². The number of aromatic amines is 1. The van der Waals surface area contributed by atoms with Crippen LogP contribution in [0.1, 0.15) is 0 Å². The van der Waals surface area contributed by atoms with Crippen molar-refractivity contribution in [2.24, 2.45) is 7.05 Å². The highest BCUT2D eigenvalue weighted by Crippen LogP contribution is 2.12. The first-order valence-corrected chi connectivity index (χ1v) is 4.70. The molecule has 2 rings (SSSR count). The van der Waals surface area contributed by atoms with Gasteiger partial charge < -0.3 is 9.55 Å². The van der Waals surface area contributed by atoms with Crippen molar-refractivity contribution in [3.8, 4) is 0 Å². The fourth-order valence-corrected chi connectivity index (χ4v) is 1.85. The van der Waals surface area contributed by atoms with Crippen LogP contribution in [0.3, 0.4) is 0 Å². The number of benzene rings is 1. The van der Waals surface area contributed by atoms with E-state index < -0.39 is 0 Å². The molecule has 0 bridgehead atoms. The van der Waals surface area contributed by atoms with Crippen molar-refractivity contribution < 1.29 is 0 Å². The quantitative estimate of drug-likeness (QED) is 0.672.